The van der Waals surface area contributed by atoms with Crippen LogP contribution >= 0.6 is 0 Å². The molecule has 0 bridgehead atoms. The Morgan fingerprint density at radius 2 is 1.58 bits per heavy atom. The summed E-state index contributed by atoms with van der Waals surface area (Å²) in [5.74, 6) is 0.0820. The van der Waals surface area contributed by atoms with E-state index in [1.807, 2.05) is 7.05 Å². The summed E-state index contributed by atoms with van der Waals surface area (Å²) in [6.45, 7) is 0.828. The van der Waals surface area contributed by atoms with E-state index in [4.69, 9.17) is 0 Å². The summed E-state index contributed by atoms with van der Waals surface area (Å²) in [5.41, 5.74) is -5.60. The maximum Gasteiger partial charge on any atom is 0.435 e. The highest BCUT2D eigenvalue weighted by atomic mass is 19.4. The number of hydrogen-bond acceptors (Lipinski definition) is 1. The highest BCUT2D eigenvalue weighted by Gasteiger charge is 2.73. The van der Waals surface area contributed by atoms with Crippen LogP contribution in [0.25, 0.3) is 0 Å². The maximum absolute atomic E-state index is 14.2. The van der Waals surface area contributed by atoms with Gasteiger partial charge in [-0.15, -0.1) is 0 Å². The molecule has 1 aromatic rings. The van der Waals surface area contributed by atoms with E-state index in [1.165, 1.54) is 6.07 Å². The zero-order chi connectivity index (χ0) is 17.9. The van der Waals surface area contributed by atoms with Gasteiger partial charge in [-0.1, -0.05) is 18.2 Å². The van der Waals surface area contributed by atoms with Crippen molar-refractivity contribution in [1.82, 2.24) is 4.90 Å². The van der Waals surface area contributed by atoms with Gasteiger partial charge in [0, 0.05) is 17.5 Å². The lowest BCUT2D eigenvalue weighted by Gasteiger charge is -2.34. The zero-order valence-electron chi connectivity index (χ0n) is 12.8. The van der Waals surface area contributed by atoms with Gasteiger partial charge in [0.25, 0.3) is 0 Å². The minimum atomic E-state index is -6.07. The molecule has 0 radical (unpaired) electrons. The lowest BCUT2D eigenvalue weighted by Crippen LogP contribution is -2.50. The minimum absolute atomic E-state index is 0.0820. The lowest BCUT2D eigenvalue weighted by atomic mass is 9.77. The molecule has 0 saturated carbocycles. The van der Waals surface area contributed by atoms with E-state index >= 15 is 0 Å². The van der Waals surface area contributed by atoms with E-state index in [0.29, 0.717) is 24.5 Å². The number of aryl methyl sites for hydroxylation is 1. The van der Waals surface area contributed by atoms with Gasteiger partial charge < -0.3 is 4.90 Å². The summed E-state index contributed by atoms with van der Waals surface area (Å²) in [6.07, 6.45) is -10.3. The van der Waals surface area contributed by atoms with Crippen LogP contribution in [0.3, 0.4) is 0 Å². The van der Waals surface area contributed by atoms with Crippen molar-refractivity contribution >= 4 is 0 Å². The predicted octanol–water partition coefficient (Wildman–Crippen LogP) is 4.71. The molecule has 0 N–H and O–H groups in total. The Hall–Kier alpha value is -1.31. The Kier molecular flexibility index (Phi) is 3.90. The maximum atomic E-state index is 14.2. The molecule has 1 saturated heterocycles. The molecule has 134 valence electrons. The van der Waals surface area contributed by atoms with Crippen molar-refractivity contribution in [2.24, 2.45) is 0 Å². The first-order chi connectivity index (χ1) is 11.0. The van der Waals surface area contributed by atoms with Crippen LogP contribution in [0.4, 0.5) is 30.7 Å². The molecule has 1 aromatic carbocycles. The Labute approximate surface area is 134 Å². The summed E-state index contributed by atoms with van der Waals surface area (Å²) in [7, 11) is 1.95. The van der Waals surface area contributed by atoms with Gasteiger partial charge in [-0.2, -0.15) is 26.3 Å². The van der Waals surface area contributed by atoms with E-state index in [-0.39, 0.29) is 12.0 Å². The van der Waals surface area contributed by atoms with Crippen LogP contribution in [-0.2, 0) is 12.1 Å². The van der Waals surface area contributed by atoms with Crippen molar-refractivity contribution in [2.45, 2.75) is 49.2 Å². The smallest absolute Gasteiger partial charge is 0.303 e. The molecule has 2 atom stereocenters. The van der Waals surface area contributed by atoms with Crippen molar-refractivity contribution in [3.05, 3.63) is 34.9 Å². The Bertz CT molecular complexity index is 620. The molecule has 24 heavy (non-hydrogen) atoms. The summed E-state index contributed by atoms with van der Waals surface area (Å²) < 4.78 is 91.5. The summed E-state index contributed by atoms with van der Waals surface area (Å²) in [6, 6.07) is 2.88. The van der Waals surface area contributed by atoms with E-state index in [0.717, 1.165) is 24.6 Å². The first-order valence-electron chi connectivity index (χ1n) is 7.62. The highest BCUT2D eigenvalue weighted by molar-refractivity contribution is 5.41. The largest absolute Gasteiger partial charge is 0.435 e. The zero-order valence-corrected chi connectivity index (χ0v) is 12.8. The monoisotopic (exact) mass is 355 g/mol. The molecule has 1 aliphatic carbocycles. The van der Waals surface area contributed by atoms with Crippen LogP contribution in [0.1, 0.15) is 35.4 Å². The van der Waals surface area contributed by atoms with Crippen molar-refractivity contribution in [2.75, 3.05) is 13.6 Å². The second-order valence-electron chi connectivity index (χ2n) is 6.55. The number of benzene rings is 1. The summed E-state index contributed by atoms with van der Waals surface area (Å²) in [4.78, 5) is 2.15. The molecule has 0 aromatic heterocycles. The molecule has 1 aliphatic heterocycles. The molecule has 2 unspecified atom stereocenters. The van der Waals surface area contributed by atoms with Gasteiger partial charge >= 0.3 is 18.0 Å². The van der Waals surface area contributed by atoms with Crippen LogP contribution in [0.5, 0.6) is 0 Å². The molecular formula is C16H16F7N. The SMILES string of the molecule is CN1CCC2c3ccc(C(F)(C(F)(F)F)C(F)(F)F)cc3CCC21. The standard InChI is InChI=1S/C16H16F7N/c1-24-7-6-12-11-4-3-10(8-9(11)2-5-13(12)24)14(17,15(18,19)20)16(21,22)23/h3-4,8,12-13H,2,5-7H2,1H3. The van der Waals surface area contributed by atoms with E-state index in [9.17, 15) is 30.7 Å². The van der Waals surface area contributed by atoms with Crippen LogP contribution in [0, 0.1) is 0 Å². The Morgan fingerprint density at radius 1 is 0.958 bits per heavy atom. The third kappa shape index (κ3) is 2.41. The third-order valence-corrected chi connectivity index (χ3v) is 5.25. The number of halogens is 7. The van der Waals surface area contributed by atoms with Gasteiger partial charge in [0.1, 0.15) is 0 Å². The summed E-state index contributed by atoms with van der Waals surface area (Å²) >= 11 is 0. The highest BCUT2D eigenvalue weighted by Crippen LogP contribution is 2.54. The molecule has 8 heteroatoms. The molecule has 3 rings (SSSR count). The van der Waals surface area contributed by atoms with Gasteiger partial charge in [0.05, 0.1) is 0 Å². The predicted molar refractivity (Wildman–Crippen MR) is 73.4 cm³/mol. The van der Waals surface area contributed by atoms with Crippen molar-refractivity contribution in [3.63, 3.8) is 0 Å². The number of hydrogen-bond donors (Lipinski definition) is 0. The number of likely N-dealkylation sites (N-methyl/N-ethyl adjacent to an activating group) is 1. The molecule has 0 amide bonds. The quantitative estimate of drug-likeness (QED) is 0.660. The normalized spacial score (nSPS) is 25.5. The molecule has 1 fully saturated rings. The second kappa shape index (κ2) is 5.34. The Balaban J connectivity index is 2.06. The second-order valence-corrected chi connectivity index (χ2v) is 6.55. The van der Waals surface area contributed by atoms with Gasteiger partial charge in [0.15, 0.2) is 0 Å². The van der Waals surface area contributed by atoms with Gasteiger partial charge in [-0.3, -0.25) is 0 Å². The number of nitrogens with zero attached hydrogens (tertiary/aromatic N) is 1. The molecule has 1 nitrogen and oxygen atoms in total. The minimum Gasteiger partial charge on any atom is -0.303 e. The summed E-state index contributed by atoms with van der Waals surface area (Å²) in [5, 5.41) is 0. The number of rotatable bonds is 1. The van der Waals surface area contributed by atoms with Crippen molar-refractivity contribution < 1.29 is 30.7 Å². The van der Waals surface area contributed by atoms with Crippen LogP contribution < -0.4 is 0 Å². The van der Waals surface area contributed by atoms with Crippen LogP contribution in [-0.4, -0.2) is 36.9 Å². The van der Waals surface area contributed by atoms with E-state index < -0.39 is 23.6 Å². The van der Waals surface area contributed by atoms with Gasteiger partial charge in [-0.05, 0) is 44.0 Å². The Morgan fingerprint density at radius 3 is 2.17 bits per heavy atom. The van der Waals surface area contributed by atoms with Crippen LogP contribution in [0.2, 0.25) is 0 Å². The van der Waals surface area contributed by atoms with Crippen LogP contribution in [0.15, 0.2) is 18.2 Å². The van der Waals surface area contributed by atoms with E-state index in [1.54, 1.807) is 0 Å². The fourth-order valence-corrected chi connectivity index (χ4v) is 3.98. The first-order valence-corrected chi connectivity index (χ1v) is 7.62. The fraction of sp³-hybridized carbons (Fsp3) is 0.625. The average molecular weight is 355 g/mol. The molecule has 1 heterocycles. The average Bonchev–Trinajstić information content (AvgIpc) is 2.85. The van der Waals surface area contributed by atoms with E-state index in [2.05, 4.69) is 4.90 Å². The van der Waals surface area contributed by atoms with Crippen molar-refractivity contribution in [1.29, 1.82) is 0 Å². The van der Waals surface area contributed by atoms with Gasteiger partial charge in [-0.25, -0.2) is 4.39 Å². The lowest BCUT2D eigenvalue weighted by molar-refractivity contribution is -0.348. The number of likely N-dealkylation sites (tertiary alicyclic amines) is 1. The molecular weight excluding hydrogens is 339 g/mol. The van der Waals surface area contributed by atoms with Gasteiger partial charge in [0.2, 0.25) is 0 Å². The third-order valence-electron chi connectivity index (χ3n) is 5.25. The fourth-order valence-electron chi connectivity index (χ4n) is 3.98. The first kappa shape index (κ1) is 17.5. The molecule has 0 spiro atoms. The number of fused-ring (bicyclic) bond motifs is 3. The number of alkyl halides is 7. The van der Waals surface area contributed by atoms with Crippen molar-refractivity contribution in [3.8, 4) is 0 Å². The topological polar surface area (TPSA) is 3.24 Å². The molecule has 2 aliphatic rings.